The maximum Gasteiger partial charge on any atom is 0.416 e. The van der Waals surface area contributed by atoms with Crippen molar-refractivity contribution >= 4 is 32.5 Å². The fraction of sp³-hybridized carbons (Fsp3) is 0.429. The first-order valence-electron chi connectivity index (χ1n) is 6.59. The molecule has 0 aliphatic carbocycles. The Morgan fingerprint density at radius 3 is 2.27 bits per heavy atom. The molecule has 2 rings (SSSR count). The lowest BCUT2D eigenvalue weighted by Crippen LogP contribution is -2.34. The maximum atomic E-state index is 12.7. The number of aromatic carboxylic acids is 1. The summed E-state index contributed by atoms with van der Waals surface area (Å²) in [6.07, 6.45) is -3.49. The molecule has 1 amide bonds. The highest BCUT2D eigenvalue weighted by Crippen LogP contribution is 2.35. The van der Waals surface area contributed by atoms with Crippen molar-refractivity contribution in [3.05, 3.63) is 34.9 Å². The second kappa shape index (κ2) is 6.43. The number of likely N-dealkylation sites (tertiary alicyclic amines) is 1. The van der Waals surface area contributed by atoms with E-state index in [1.807, 2.05) is 0 Å². The van der Waals surface area contributed by atoms with Gasteiger partial charge in [0, 0.05) is 35.7 Å². The third-order valence-electron chi connectivity index (χ3n) is 3.79. The van der Waals surface area contributed by atoms with Gasteiger partial charge >= 0.3 is 12.1 Å². The maximum absolute atomic E-state index is 12.7. The number of alkyl halides is 3. The number of carboxylic acids is 1. The van der Waals surface area contributed by atoms with E-state index in [-0.39, 0.29) is 15.4 Å². The van der Waals surface area contributed by atoms with Crippen LogP contribution in [0.4, 0.5) is 18.0 Å². The summed E-state index contributed by atoms with van der Waals surface area (Å²) in [4.78, 5) is 24.2. The molecule has 8 heteroatoms. The number of hydrogen-bond acceptors (Lipinski definition) is 2. The molecular weight excluding hydrogens is 414 g/mol. The first-order chi connectivity index (χ1) is 10.2. The molecule has 1 N–H and O–H groups in total. The predicted octanol–water partition coefficient (Wildman–Crippen LogP) is 4.14. The molecule has 0 aromatic heterocycles. The summed E-state index contributed by atoms with van der Waals surface area (Å²) in [6.45, 7) is 0.957. The van der Waals surface area contributed by atoms with E-state index in [0.717, 1.165) is 6.07 Å². The number of amides is 1. The van der Waals surface area contributed by atoms with E-state index in [0.29, 0.717) is 37.6 Å². The largest absolute Gasteiger partial charge is 0.478 e. The lowest BCUT2D eigenvalue weighted by atomic mass is 9.86. The summed E-state index contributed by atoms with van der Waals surface area (Å²) in [5.41, 5.74) is -0.872. The minimum atomic E-state index is -4.57. The smallest absolute Gasteiger partial charge is 0.416 e. The SMILES string of the molecule is O=C(O)c1cc(C(F)(F)F)ccc1C1CCN(C(=O)I)CC1. The minimum Gasteiger partial charge on any atom is -0.478 e. The molecule has 1 aliphatic heterocycles. The Morgan fingerprint density at radius 1 is 1.23 bits per heavy atom. The normalized spacial score (nSPS) is 16.6. The lowest BCUT2D eigenvalue weighted by molar-refractivity contribution is -0.137. The molecule has 0 unspecified atom stereocenters. The number of carboxylic acid groups (broad SMARTS) is 1. The fourth-order valence-electron chi connectivity index (χ4n) is 2.64. The van der Waals surface area contributed by atoms with Crippen molar-refractivity contribution in [3.8, 4) is 0 Å². The summed E-state index contributed by atoms with van der Waals surface area (Å²) in [6, 6.07) is 2.85. The zero-order valence-electron chi connectivity index (χ0n) is 11.4. The highest BCUT2D eigenvalue weighted by Gasteiger charge is 2.33. The van der Waals surface area contributed by atoms with Gasteiger partial charge in [-0.3, -0.25) is 4.79 Å². The monoisotopic (exact) mass is 427 g/mol. The van der Waals surface area contributed by atoms with Crippen molar-refractivity contribution in [1.82, 2.24) is 4.90 Å². The Morgan fingerprint density at radius 2 is 1.82 bits per heavy atom. The fourth-order valence-corrected chi connectivity index (χ4v) is 3.12. The molecule has 0 saturated carbocycles. The molecular formula is C14H13F3INO3. The van der Waals surface area contributed by atoms with Crippen LogP contribution in [0.5, 0.6) is 0 Å². The van der Waals surface area contributed by atoms with Crippen LogP contribution in [0.15, 0.2) is 18.2 Å². The molecule has 1 heterocycles. The van der Waals surface area contributed by atoms with Crippen molar-refractivity contribution in [3.63, 3.8) is 0 Å². The van der Waals surface area contributed by atoms with Gasteiger partial charge in [0.2, 0.25) is 0 Å². The second-order valence-corrected chi connectivity index (χ2v) is 6.04. The van der Waals surface area contributed by atoms with Gasteiger partial charge in [-0.05, 0) is 36.5 Å². The number of nitrogens with zero attached hydrogens (tertiary/aromatic N) is 1. The van der Waals surface area contributed by atoms with Crippen LogP contribution in [0.2, 0.25) is 0 Å². The molecule has 1 aromatic rings. The molecule has 0 bridgehead atoms. The van der Waals surface area contributed by atoms with E-state index < -0.39 is 17.7 Å². The molecule has 4 nitrogen and oxygen atoms in total. The Kier molecular flexibility index (Phi) is 4.98. The average molecular weight is 427 g/mol. The summed E-state index contributed by atoms with van der Waals surface area (Å²) in [5.74, 6) is -1.52. The molecule has 1 aromatic carbocycles. The Hall–Kier alpha value is -1.32. The van der Waals surface area contributed by atoms with Crippen molar-refractivity contribution in [2.45, 2.75) is 24.9 Å². The van der Waals surface area contributed by atoms with Crippen LogP contribution in [0, 0.1) is 0 Å². The quantitative estimate of drug-likeness (QED) is 0.439. The van der Waals surface area contributed by atoms with Crippen LogP contribution in [0.25, 0.3) is 0 Å². The number of carbonyl (C=O) groups excluding carboxylic acids is 1. The van der Waals surface area contributed by atoms with Gasteiger partial charge in [0.15, 0.2) is 0 Å². The van der Waals surface area contributed by atoms with E-state index in [9.17, 15) is 27.9 Å². The number of benzene rings is 1. The molecule has 1 fully saturated rings. The van der Waals surface area contributed by atoms with Crippen molar-refractivity contribution in [1.29, 1.82) is 0 Å². The third-order valence-corrected chi connectivity index (χ3v) is 4.48. The van der Waals surface area contributed by atoms with E-state index in [1.54, 1.807) is 27.5 Å². The zero-order chi connectivity index (χ0) is 16.5. The highest BCUT2D eigenvalue weighted by atomic mass is 127. The Balaban J connectivity index is 2.28. The number of halogens is 4. The molecule has 1 aliphatic rings. The van der Waals surface area contributed by atoms with E-state index in [1.165, 1.54) is 6.07 Å². The van der Waals surface area contributed by atoms with Crippen LogP contribution < -0.4 is 0 Å². The topological polar surface area (TPSA) is 57.6 Å². The van der Waals surface area contributed by atoms with Gasteiger partial charge in [0.25, 0.3) is 3.91 Å². The summed E-state index contributed by atoms with van der Waals surface area (Å²) >= 11 is 1.68. The van der Waals surface area contributed by atoms with Gasteiger partial charge in [-0.15, -0.1) is 0 Å². The number of rotatable bonds is 2. The van der Waals surface area contributed by atoms with Crippen molar-refractivity contribution in [2.75, 3.05) is 13.1 Å². The van der Waals surface area contributed by atoms with Crippen LogP contribution in [0.1, 0.15) is 40.2 Å². The minimum absolute atomic E-state index is 0.0815. The first kappa shape index (κ1) is 17.0. The van der Waals surface area contributed by atoms with Gasteiger partial charge in [0.1, 0.15) is 0 Å². The highest BCUT2D eigenvalue weighted by molar-refractivity contribution is 14.1. The van der Waals surface area contributed by atoms with Crippen LogP contribution in [-0.2, 0) is 6.18 Å². The van der Waals surface area contributed by atoms with E-state index >= 15 is 0 Å². The summed E-state index contributed by atoms with van der Waals surface area (Å²) in [5, 5.41) is 9.19. The second-order valence-electron chi connectivity index (χ2n) is 5.12. The number of carbonyl (C=O) groups is 2. The van der Waals surface area contributed by atoms with Crippen molar-refractivity contribution in [2.24, 2.45) is 0 Å². The van der Waals surface area contributed by atoms with Crippen LogP contribution in [0.3, 0.4) is 0 Å². The van der Waals surface area contributed by atoms with E-state index in [4.69, 9.17) is 0 Å². The van der Waals surface area contributed by atoms with Gasteiger partial charge in [0.05, 0.1) is 11.1 Å². The number of hydrogen-bond donors (Lipinski definition) is 1. The average Bonchev–Trinajstić information content (AvgIpc) is 2.45. The van der Waals surface area contributed by atoms with Gasteiger partial charge < -0.3 is 10.0 Å². The molecule has 0 spiro atoms. The predicted molar refractivity (Wildman–Crippen MR) is 81.4 cm³/mol. The third kappa shape index (κ3) is 3.71. The standard InChI is InChI=1S/C14H13F3INO3/c15-14(16,17)9-1-2-10(11(7-9)12(20)21)8-3-5-19(6-4-8)13(18)22/h1-2,7-8H,3-6H2,(H,20,21). The number of piperidine rings is 1. The lowest BCUT2D eigenvalue weighted by Gasteiger charge is -2.31. The van der Waals surface area contributed by atoms with Crippen molar-refractivity contribution < 1.29 is 27.9 Å². The Bertz CT molecular complexity index is 595. The van der Waals surface area contributed by atoms with Gasteiger partial charge in [-0.2, -0.15) is 13.2 Å². The molecule has 1 saturated heterocycles. The molecule has 22 heavy (non-hydrogen) atoms. The molecule has 0 atom stereocenters. The van der Waals surface area contributed by atoms with Gasteiger partial charge in [-0.1, -0.05) is 6.07 Å². The summed E-state index contributed by atoms with van der Waals surface area (Å²) in [7, 11) is 0. The first-order valence-corrected chi connectivity index (χ1v) is 7.67. The van der Waals surface area contributed by atoms with E-state index in [2.05, 4.69) is 0 Å². The molecule has 0 radical (unpaired) electrons. The summed E-state index contributed by atoms with van der Waals surface area (Å²) < 4.78 is 38.0. The molecule has 120 valence electrons. The zero-order valence-corrected chi connectivity index (χ0v) is 13.5. The van der Waals surface area contributed by atoms with Gasteiger partial charge in [-0.25, -0.2) is 4.79 Å². The van der Waals surface area contributed by atoms with Crippen LogP contribution in [-0.4, -0.2) is 33.0 Å². The Labute approximate surface area is 138 Å². The van der Waals surface area contributed by atoms with Crippen LogP contribution >= 0.6 is 22.6 Å².